The molecular weight excluding hydrogens is 264 g/mol. The molecular formula is C17H30N2O2. The minimum absolute atomic E-state index is 0.153. The van der Waals surface area contributed by atoms with Gasteiger partial charge in [0, 0.05) is 19.6 Å². The second kappa shape index (κ2) is 10.5. The molecule has 2 N–H and O–H groups in total. The van der Waals surface area contributed by atoms with Crippen molar-refractivity contribution in [3.63, 3.8) is 0 Å². The number of nitrogens with zero attached hydrogens (tertiary/aromatic N) is 1. The first-order valence-electron chi connectivity index (χ1n) is 8.09. The van der Waals surface area contributed by atoms with E-state index in [-0.39, 0.29) is 6.61 Å². The molecule has 0 heterocycles. The summed E-state index contributed by atoms with van der Waals surface area (Å²) in [4.78, 5) is 2.14. The van der Waals surface area contributed by atoms with Crippen LogP contribution in [0, 0.1) is 0 Å². The van der Waals surface area contributed by atoms with Crippen LogP contribution in [0.5, 0.6) is 5.75 Å². The summed E-state index contributed by atoms with van der Waals surface area (Å²) < 4.78 is 5.78. The third-order valence-corrected chi connectivity index (χ3v) is 3.45. The zero-order valence-corrected chi connectivity index (χ0v) is 13.7. The first-order valence-corrected chi connectivity index (χ1v) is 8.09. The molecule has 1 aromatic rings. The van der Waals surface area contributed by atoms with Crippen LogP contribution in [-0.4, -0.2) is 38.0 Å². The largest absolute Gasteiger partial charge is 0.492 e. The van der Waals surface area contributed by atoms with Gasteiger partial charge < -0.3 is 20.1 Å². The first kappa shape index (κ1) is 17.8. The van der Waals surface area contributed by atoms with E-state index in [1.165, 1.54) is 18.4 Å². The van der Waals surface area contributed by atoms with E-state index in [4.69, 9.17) is 4.74 Å². The smallest absolute Gasteiger partial charge is 0.142 e. The van der Waals surface area contributed by atoms with E-state index in [2.05, 4.69) is 42.3 Å². The van der Waals surface area contributed by atoms with Gasteiger partial charge in [0.1, 0.15) is 5.75 Å². The fraction of sp³-hybridized carbons (Fsp3) is 0.647. The number of anilines is 1. The van der Waals surface area contributed by atoms with Gasteiger partial charge in [-0.25, -0.2) is 0 Å². The molecule has 0 atom stereocenters. The Morgan fingerprint density at radius 1 is 1.24 bits per heavy atom. The van der Waals surface area contributed by atoms with Crippen LogP contribution in [-0.2, 0) is 6.54 Å². The highest BCUT2D eigenvalue weighted by Gasteiger charge is 2.11. The molecule has 0 fully saturated rings. The van der Waals surface area contributed by atoms with Crippen molar-refractivity contribution < 1.29 is 9.84 Å². The van der Waals surface area contributed by atoms with E-state index in [1.54, 1.807) is 0 Å². The van der Waals surface area contributed by atoms with Gasteiger partial charge in [-0.1, -0.05) is 19.4 Å². The molecule has 0 unspecified atom stereocenters. The highest BCUT2D eigenvalue weighted by Crippen LogP contribution is 2.29. The van der Waals surface area contributed by atoms with E-state index < -0.39 is 0 Å². The second-order valence-electron chi connectivity index (χ2n) is 5.07. The first-order chi connectivity index (χ1) is 10.3. The summed E-state index contributed by atoms with van der Waals surface area (Å²) in [6, 6.07) is 6.34. The Labute approximate surface area is 129 Å². The van der Waals surface area contributed by atoms with Gasteiger partial charge in [-0.2, -0.15) is 0 Å². The minimum Gasteiger partial charge on any atom is -0.492 e. The zero-order chi connectivity index (χ0) is 15.5. The van der Waals surface area contributed by atoms with Crippen molar-refractivity contribution in [1.82, 2.24) is 5.32 Å². The maximum absolute atomic E-state index is 9.18. The lowest BCUT2D eigenvalue weighted by Gasteiger charge is -2.25. The summed E-state index contributed by atoms with van der Waals surface area (Å²) in [5, 5.41) is 12.6. The maximum Gasteiger partial charge on any atom is 0.142 e. The normalized spacial score (nSPS) is 10.7. The summed E-state index contributed by atoms with van der Waals surface area (Å²) in [6.07, 6.45) is 2.42. The predicted molar refractivity (Wildman–Crippen MR) is 89.2 cm³/mol. The van der Waals surface area contributed by atoms with Gasteiger partial charge in [-0.15, -0.1) is 0 Å². The second-order valence-corrected chi connectivity index (χ2v) is 5.07. The molecule has 0 aliphatic heterocycles. The highest BCUT2D eigenvalue weighted by molar-refractivity contribution is 5.59. The molecule has 0 saturated carbocycles. The Kier molecular flexibility index (Phi) is 8.87. The number of rotatable bonds is 11. The number of hydrogen-bond acceptors (Lipinski definition) is 4. The van der Waals surface area contributed by atoms with Crippen molar-refractivity contribution in [2.75, 3.05) is 37.7 Å². The fourth-order valence-electron chi connectivity index (χ4n) is 2.30. The fourth-order valence-corrected chi connectivity index (χ4v) is 2.30. The lowest BCUT2D eigenvalue weighted by Crippen LogP contribution is -2.26. The standard InChI is InChI=1S/C17H30N2O2/c1-4-7-10-18-14-15-8-9-16(17(13-15)21-6-3)19(5-2)11-12-20/h8-9,13,18,20H,4-7,10-12,14H2,1-3H3. The van der Waals surface area contributed by atoms with Crippen LogP contribution in [0.15, 0.2) is 18.2 Å². The molecule has 0 saturated heterocycles. The third kappa shape index (κ3) is 5.94. The Balaban J connectivity index is 2.79. The van der Waals surface area contributed by atoms with Gasteiger partial charge >= 0.3 is 0 Å². The summed E-state index contributed by atoms with van der Waals surface area (Å²) in [5.74, 6) is 0.905. The molecule has 4 nitrogen and oxygen atoms in total. The predicted octanol–water partition coefficient (Wildman–Crippen LogP) is 2.79. The van der Waals surface area contributed by atoms with Gasteiger partial charge in [0.15, 0.2) is 0 Å². The van der Waals surface area contributed by atoms with Gasteiger partial charge in [0.05, 0.1) is 18.9 Å². The molecule has 0 spiro atoms. The Morgan fingerprint density at radius 2 is 2.05 bits per heavy atom. The molecule has 0 aromatic heterocycles. The third-order valence-electron chi connectivity index (χ3n) is 3.45. The molecule has 120 valence electrons. The lowest BCUT2D eigenvalue weighted by molar-refractivity contribution is 0.300. The highest BCUT2D eigenvalue weighted by atomic mass is 16.5. The molecule has 0 amide bonds. The number of nitrogens with one attached hydrogen (secondary N) is 1. The van der Waals surface area contributed by atoms with Crippen molar-refractivity contribution in [3.05, 3.63) is 23.8 Å². The van der Waals surface area contributed by atoms with Crippen molar-refractivity contribution >= 4 is 5.69 Å². The van der Waals surface area contributed by atoms with Crippen LogP contribution in [0.25, 0.3) is 0 Å². The van der Waals surface area contributed by atoms with Gasteiger partial charge in [-0.05, 0) is 44.5 Å². The number of hydrogen-bond donors (Lipinski definition) is 2. The average molecular weight is 294 g/mol. The quantitative estimate of drug-likeness (QED) is 0.616. The number of aliphatic hydroxyl groups is 1. The number of unbranched alkanes of at least 4 members (excludes halogenated alkanes) is 1. The van der Waals surface area contributed by atoms with E-state index in [0.717, 1.165) is 31.1 Å². The van der Waals surface area contributed by atoms with Crippen molar-refractivity contribution in [2.45, 2.75) is 40.2 Å². The molecule has 0 bridgehead atoms. The maximum atomic E-state index is 9.18. The minimum atomic E-state index is 0.153. The molecule has 1 rings (SSSR count). The topological polar surface area (TPSA) is 44.7 Å². The molecule has 0 aliphatic rings. The van der Waals surface area contributed by atoms with Crippen molar-refractivity contribution in [3.8, 4) is 5.75 Å². The molecule has 4 heteroatoms. The molecule has 0 aliphatic carbocycles. The Hall–Kier alpha value is -1.26. The monoisotopic (exact) mass is 294 g/mol. The summed E-state index contributed by atoms with van der Waals surface area (Å²) >= 11 is 0. The van der Waals surface area contributed by atoms with Crippen LogP contribution < -0.4 is 15.0 Å². The molecule has 1 aromatic carbocycles. The van der Waals surface area contributed by atoms with Crippen LogP contribution >= 0.6 is 0 Å². The summed E-state index contributed by atoms with van der Waals surface area (Å²) in [7, 11) is 0. The number of likely N-dealkylation sites (N-methyl/N-ethyl adjacent to an activating group) is 1. The molecule has 0 radical (unpaired) electrons. The number of aliphatic hydroxyl groups excluding tert-OH is 1. The Morgan fingerprint density at radius 3 is 2.67 bits per heavy atom. The van der Waals surface area contributed by atoms with E-state index >= 15 is 0 Å². The van der Waals surface area contributed by atoms with Crippen molar-refractivity contribution in [2.24, 2.45) is 0 Å². The van der Waals surface area contributed by atoms with Crippen LogP contribution in [0.1, 0.15) is 39.2 Å². The van der Waals surface area contributed by atoms with Crippen LogP contribution in [0.4, 0.5) is 5.69 Å². The van der Waals surface area contributed by atoms with E-state index in [0.29, 0.717) is 13.2 Å². The number of ether oxygens (including phenoxy) is 1. The van der Waals surface area contributed by atoms with Gasteiger partial charge in [0.2, 0.25) is 0 Å². The number of benzene rings is 1. The average Bonchev–Trinajstić information content (AvgIpc) is 2.50. The Bertz CT molecular complexity index is 396. The van der Waals surface area contributed by atoms with Crippen LogP contribution in [0.2, 0.25) is 0 Å². The SMILES string of the molecule is CCCCNCc1ccc(N(CC)CCO)c(OCC)c1. The van der Waals surface area contributed by atoms with Gasteiger partial charge in [0.25, 0.3) is 0 Å². The summed E-state index contributed by atoms with van der Waals surface area (Å²) in [6.45, 7) is 10.5. The van der Waals surface area contributed by atoms with Crippen molar-refractivity contribution in [1.29, 1.82) is 0 Å². The van der Waals surface area contributed by atoms with Crippen LogP contribution in [0.3, 0.4) is 0 Å². The lowest BCUT2D eigenvalue weighted by atomic mass is 10.1. The van der Waals surface area contributed by atoms with Gasteiger partial charge in [-0.3, -0.25) is 0 Å². The zero-order valence-electron chi connectivity index (χ0n) is 13.7. The summed E-state index contributed by atoms with van der Waals surface area (Å²) in [5.41, 5.74) is 2.30. The van der Waals surface area contributed by atoms with E-state index in [9.17, 15) is 5.11 Å². The molecule has 21 heavy (non-hydrogen) atoms. The van der Waals surface area contributed by atoms with E-state index in [1.807, 2.05) is 6.92 Å².